The predicted molar refractivity (Wildman–Crippen MR) is 81.1 cm³/mol. The molecule has 1 amide bonds. The largest absolute Gasteiger partial charge is 0.497 e. The summed E-state index contributed by atoms with van der Waals surface area (Å²) in [7, 11) is 3.06. The number of hydrogen-bond donors (Lipinski definition) is 1. The second-order valence-electron chi connectivity index (χ2n) is 5.24. The van der Waals surface area contributed by atoms with E-state index >= 15 is 0 Å². The first-order chi connectivity index (χ1) is 10.6. The van der Waals surface area contributed by atoms with E-state index < -0.39 is 0 Å². The highest BCUT2D eigenvalue weighted by molar-refractivity contribution is 5.93. The van der Waals surface area contributed by atoms with E-state index in [1.54, 1.807) is 18.2 Å². The van der Waals surface area contributed by atoms with E-state index in [0.29, 0.717) is 17.2 Å². The molecule has 1 saturated carbocycles. The van der Waals surface area contributed by atoms with Gasteiger partial charge in [-0.2, -0.15) is 0 Å². The molecule has 0 unspecified atom stereocenters. The summed E-state index contributed by atoms with van der Waals surface area (Å²) in [5.41, 5.74) is 0.526. The van der Waals surface area contributed by atoms with Crippen LogP contribution in [0.1, 0.15) is 25.7 Å². The Morgan fingerprint density at radius 1 is 1.09 bits per heavy atom. The smallest absolute Gasteiger partial charge is 0.309 e. The number of anilines is 1. The number of nitrogens with one attached hydrogen (secondary N) is 1. The van der Waals surface area contributed by atoms with Crippen LogP contribution in [0.2, 0.25) is 0 Å². The van der Waals surface area contributed by atoms with Crippen molar-refractivity contribution in [3.8, 4) is 11.5 Å². The first-order valence-corrected chi connectivity index (χ1v) is 7.32. The molecule has 0 aliphatic heterocycles. The monoisotopic (exact) mass is 307 g/mol. The second-order valence-corrected chi connectivity index (χ2v) is 5.24. The highest BCUT2D eigenvalue weighted by Gasteiger charge is 2.24. The summed E-state index contributed by atoms with van der Waals surface area (Å²) < 4.78 is 15.3. The summed E-state index contributed by atoms with van der Waals surface area (Å²) in [6.45, 7) is -0.283. The maximum atomic E-state index is 11.9. The third-order valence-electron chi connectivity index (χ3n) is 3.67. The van der Waals surface area contributed by atoms with Crippen molar-refractivity contribution in [2.24, 2.45) is 5.92 Å². The summed E-state index contributed by atoms with van der Waals surface area (Å²) in [4.78, 5) is 23.6. The lowest BCUT2D eigenvalue weighted by Crippen LogP contribution is -2.23. The zero-order chi connectivity index (χ0) is 15.9. The van der Waals surface area contributed by atoms with Gasteiger partial charge in [-0.15, -0.1) is 0 Å². The van der Waals surface area contributed by atoms with Crippen molar-refractivity contribution in [3.05, 3.63) is 18.2 Å². The van der Waals surface area contributed by atoms with E-state index in [0.717, 1.165) is 25.7 Å². The molecular formula is C16H21NO5. The molecule has 0 radical (unpaired) electrons. The van der Waals surface area contributed by atoms with Crippen molar-refractivity contribution in [2.75, 3.05) is 26.1 Å². The molecule has 1 aliphatic carbocycles. The minimum Gasteiger partial charge on any atom is -0.497 e. The van der Waals surface area contributed by atoms with Crippen LogP contribution in [-0.2, 0) is 14.3 Å². The lowest BCUT2D eigenvalue weighted by atomic mass is 10.1. The molecule has 2 rings (SSSR count). The topological polar surface area (TPSA) is 73.9 Å². The molecule has 1 aromatic carbocycles. The van der Waals surface area contributed by atoms with Gasteiger partial charge in [0.2, 0.25) is 0 Å². The van der Waals surface area contributed by atoms with Gasteiger partial charge in [0.25, 0.3) is 5.91 Å². The Hall–Kier alpha value is -2.24. The van der Waals surface area contributed by atoms with Gasteiger partial charge in [0.15, 0.2) is 6.61 Å². The van der Waals surface area contributed by atoms with Gasteiger partial charge in [-0.05, 0) is 12.8 Å². The third kappa shape index (κ3) is 4.38. The quantitative estimate of drug-likeness (QED) is 0.817. The Labute approximate surface area is 129 Å². The summed E-state index contributed by atoms with van der Waals surface area (Å²) >= 11 is 0. The number of methoxy groups -OCH3 is 2. The van der Waals surface area contributed by atoms with Crippen LogP contribution >= 0.6 is 0 Å². The van der Waals surface area contributed by atoms with E-state index in [4.69, 9.17) is 14.2 Å². The fourth-order valence-corrected chi connectivity index (χ4v) is 2.49. The van der Waals surface area contributed by atoms with E-state index in [2.05, 4.69) is 5.32 Å². The summed E-state index contributed by atoms with van der Waals surface area (Å²) in [5.74, 6) is 0.414. The fourth-order valence-electron chi connectivity index (χ4n) is 2.49. The Morgan fingerprint density at radius 2 is 1.68 bits per heavy atom. The van der Waals surface area contributed by atoms with Gasteiger partial charge >= 0.3 is 5.97 Å². The summed E-state index contributed by atoms with van der Waals surface area (Å²) in [6.07, 6.45) is 3.81. The SMILES string of the molecule is COc1cc(NC(=O)COC(=O)C2CCCC2)cc(OC)c1. The van der Waals surface area contributed by atoms with E-state index in [-0.39, 0.29) is 24.4 Å². The Balaban J connectivity index is 1.87. The number of hydrogen-bond acceptors (Lipinski definition) is 5. The van der Waals surface area contributed by atoms with Gasteiger partial charge in [0.05, 0.1) is 20.1 Å². The first-order valence-electron chi connectivity index (χ1n) is 7.32. The highest BCUT2D eigenvalue weighted by atomic mass is 16.5. The molecule has 22 heavy (non-hydrogen) atoms. The average Bonchev–Trinajstić information content (AvgIpc) is 3.06. The number of amides is 1. The molecule has 0 bridgehead atoms. The highest BCUT2D eigenvalue weighted by Crippen LogP contribution is 2.26. The average molecular weight is 307 g/mol. The zero-order valence-electron chi connectivity index (χ0n) is 12.9. The Morgan fingerprint density at radius 3 is 2.23 bits per heavy atom. The van der Waals surface area contributed by atoms with E-state index in [1.165, 1.54) is 14.2 Å². The molecule has 6 heteroatoms. The van der Waals surface area contributed by atoms with Gasteiger partial charge in [0, 0.05) is 23.9 Å². The number of rotatable bonds is 6. The number of esters is 1. The lowest BCUT2D eigenvalue weighted by molar-refractivity contribution is -0.151. The minimum absolute atomic E-state index is 0.0512. The molecule has 1 fully saturated rings. The van der Waals surface area contributed by atoms with Crippen molar-refractivity contribution < 1.29 is 23.8 Å². The van der Waals surface area contributed by atoms with E-state index in [1.807, 2.05) is 0 Å². The van der Waals surface area contributed by atoms with Crippen molar-refractivity contribution in [3.63, 3.8) is 0 Å². The van der Waals surface area contributed by atoms with Crippen LogP contribution in [-0.4, -0.2) is 32.7 Å². The lowest BCUT2D eigenvalue weighted by Gasteiger charge is -2.11. The number of carbonyl (C=O) groups excluding carboxylic acids is 2. The van der Waals surface area contributed by atoms with Gasteiger partial charge in [-0.25, -0.2) is 0 Å². The standard InChI is InChI=1S/C16H21NO5/c1-20-13-7-12(8-14(9-13)21-2)17-15(18)10-22-16(19)11-5-3-4-6-11/h7-9,11H,3-6,10H2,1-2H3,(H,17,18). The van der Waals surface area contributed by atoms with Gasteiger partial charge in [0.1, 0.15) is 11.5 Å². The third-order valence-corrected chi connectivity index (χ3v) is 3.67. The van der Waals surface area contributed by atoms with Crippen LogP contribution in [0.3, 0.4) is 0 Å². The van der Waals surface area contributed by atoms with Crippen molar-refractivity contribution in [1.29, 1.82) is 0 Å². The fraction of sp³-hybridized carbons (Fsp3) is 0.500. The van der Waals surface area contributed by atoms with Crippen LogP contribution < -0.4 is 14.8 Å². The van der Waals surface area contributed by atoms with Gasteiger partial charge in [-0.1, -0.05) is 12.8 Å². The Kier molecular flexibility index (Phi) is 5.63. The molecule has 120 valence electrons. The van der Waals surface area contributed by atoms with Crippen molar-refractivity contribution >= 4 is 17.6 Å². The van der Waals surface area contributed by atoms with Crippen LogP contribution in [0.4, 0.5) is 5.69 Å². The van der Waals surface area contributed by atoms with Crippen LogP contribution in [0, 0.1) is 5.92 Å². The second kappa shape index (κ2) is 7.68. The molecule has 1 aromatic rings. The number of carbonyl (C=O) groups is 2. The molecule has 1 N–H and O–H groups in total. The van der Waals surface area contributed by atoms with Gasteiger partial charge in [-0.3, -0.25) is 9.59 Å². The number of benzene rings is 1. The molecule has 1 aliphatic rings. The van der Waals surface area contributed by atoms with Gasteiger partial charge < -0.3 is 19.5 Å². The molecule has 0 saturated heterocycles. The minimum atomic E-state index is -0.387. The normalized spacial score (nSPS) is 14.5. The molecular weight excluding hydrogens is 286 g/mol. The molecule has 0 heterocycles. The van der Waals surface area contributed by atoms with E-state index in [9.17, 15) is 9.59 Å². The maximum absolute atomic E-state index is 11.9. The summed E-state index contributed by atoms with van der Waals surface area (Å²) in [6, 6.07) is 5.04. The predicted octanol–water partition coefficient (Wildman–Crippen LogP) is 2.38. The van der Waals surface area contributed by atoms with Crippen LogP contribution in [0.5, 0.6) is 11.5 Å². The Bertz CT molecular complexity index is 515. The van der Waals surface area contributed by atoms with Crippen molar-refractivity contribution in [2.45, 2.75) is 25.7 Å². The molecule has 6 nitrogen and oxygen atoms in total. The molecule has 0 spiro atoms. The van der Waals surface area contributed by atoms with Crippen LogP contribution in [0.25, 0.3) is 0 Å². The molecule has 0 aromatic heterocycles. The number of ether oxygens (including phenoxy) is 3. The molecule has 0 atom stereocenters. The first kappa shape index (κ1) is 16.1. The summed E-state index contributed by atoms with van der Waals surface area (Å²) in [5, 5.41) is 2.66. The van der Waals surface area contributed by atoms with Crippen LogP contribution in [0.15, 0.2) is 18.2 Å². The van der Waals surface area contributed by atoms with Crippen molar-refractivity contribution in [1.82, 2.24) is 0 Å². The maximum Gasteiger partial charge on any atom is 0.309 e. The zero-order valence-corrected chi connectivity index (χ0v) is 12.9.